The van der Waals surface area contributed by atoms with E-state index < -0.39 is 0 Å². The minimum absolute atomic E-state index is 0.0183. The van der Waals surface area contributed by atoms with Crippen LogP contribution >= 0.6 is 0 Å². The molecule has 1 saturated heterocycles. The number of carbonyl (C=O) groups excluding carboxylic acids is 1. The van der Waals surface area contributed by atoms with Crippen molar-refractivity contribution in [3.05, 3.63) is 24.0 Å². The third-order valence-corrected chi connectivity index (χ3v) is 3.87. The number of amides is 1. The number of aromatic nitrogens is 1. The lowest BCUT2D eigenvalue weighted by molar-refractivity contribution is 0.0755. The summed E-state index contributed by atoms with van der Waals surface area (Å²) in [4.78, 5) is 18.5. The monoisotopic (exact) mass is 261 g/mol. The number of rotatable bonds is 3. The third-order valence-electron chi connectivity index (χ3n) is 3.87. The third kappa shape index (κ3) is 3.46. The van der Waals surface area contributed by atoms with Gasteiger partial charge in [0.2, 0.25) is 0 Å². The first-order valence-corrected chi connectivity index (χ1v) is 7.22. The van der Waals surface area contributed by atoms with E-state index in [4.69, 9.17) is 5.73 Å². The summed E-state index contributed by atoms with van der Waals surface area (Å²) in [5, 5.41) is 0. The van der Waals surface area contributed by atoms with Crippen molar-refractivity contribution in [1.82, 2.24) is 9.88 Å². The first-order chi connectivity index (χ1) is 9.22. The average molecular weight is 261 g/mol. The maximum absolute atomic E-state index is 12.4. The van der Waals surface area contributed by atoms with Gasteiger partial charge in [0.25, 0.3) is 5.91 Å². The topological polar surface area (TPSA) is 59.2 Å². The van der Waals surface area contributed by atoms with Crippen molar-refractivity contribution in [2.24, 2.45) is 5.92 Å². The predicted molar refractivity (Wildman–Crippen MR) is 76.8 cm³/mol. The molecule has 1 amide bonds. The van der Waals surface area contributed by atoms with Crippen LogP contribution in [0.1, 0.15) is 49.5 Å². The van der Waals surface area contributed by atoms with Crippen LogP contribution in [0, 0.1) is 5.92 Å². The zero-order valence-corrected chi connectivity index (χ0v) is 11.6. The summed E-state index contributed by atoms with van der Waals surface area (Å²) < 4.78 is 0. The van der Waals surface area contributed by atoms with Gasteiger partial charge in [-0.1, -0.05) is 19.8 Å². The molecule has 2 heterocycles. The van der Waals surface area contributed by atoms with Gasteiger partial charge in [0.15, 0.2) is 5.69 Å². The normalized spacial score (nSPS) is 20.1. The molecule has 2 N–H and O–H groups in total. The molecular formula is C15H23N3O. The number of carbonyl (C=O) groups is 1. The molecule has 104 valence electrons. The second-order valence-corrected chi connectivity index (χ2v) is 5.32. The van der Waals surface area contributed by atoms with Crippen molar-refractivity contribution in [1.29, 1.82) is 0 Å². The van der Waals surface area contributed by atoms with Crippen molar-refractivity contribution < 1.29 is 4.79 Å². The SMILES string of the molecule is CCCC1CCCN(C(=O)c2ncccc2N)CC1. The van der Waals surface area contributed by atoms with E-state index >= 15 is 0 Å². The Kier molecular flexibility index (Phi) is 4.77. The highest BCUT2D eigenvalue weighted by Crippen LogP contribution is 2.23. The minimum atomic E-state index is -0.0183. The Bertz CT molecular complexity index is 433. The standard InChI is InChI=1S/C15H23N3O/c1-2-5-12-6-4-10-18(11-8-12)15(19)14-13(16)7-3-9-17-14/h3,7,9,12H,2,4-6,8,10-11,16H2,1H3. The van der Waals surface area contributed by atoms with Crippen LogP contribution < -0.4 is 5.73 Å². The molecule has 2 rings (SSSR count). The van der Waals surface area contributed by atoms with Crippen LogP contribution in [0.4, 0.5) is 5.69 Å². The summed E-state index contributed by atoms with van der Waals surface area (Å²) in [7, 11) is 0. The first kappa shape index (κ1) is 13.8. The summed E-state index contributed by atoms with van der Waals surface area (Å²) in [6.07, 6.45) is 7.55. The predicted octanol–water partition coefficient (Wildman–Crippen LogP) is 2.71. The molecule has 1 fully saturated rings. The molecule has 1 aromatic heterocycles. The van der Waals surface area contributed by atoms with Gasteiger partial charge in [0.05, 0.1) is 5.69 Å². The number of hydrogen-bond donors (Lipinski definition) is 1. The Morgan fingerprint density at radius 1 is 1.47 bits per heavy atom. The molecule has 0 saturated carbocycles. The summed E-state index contributed by atoms with van der Waals surface area (Å²) in [5.74, 6) is 0.749. The van der Waals surface area contributed by atoms with Gasteiger partial charge in [-0.05, 0) is 37.3 Å². The van der Waals surface area contributed by atoms with Crippen molar-refractivity contribution in [2.45, 2.75) is 39.0 Å². The first-order valence-electron chi connectivity index (χ1n) is 7.22. The summed E-state index contributed by atoms with van der Waals surface area (Å²) in [5.41, 5.74) is 6.71. The van der Waals surface area contributed by atoms with Crippen LogP contribution in [-0.2, 0) is 0 Å². The molecule has 1 aliphatic rings. The molecular weight excluding hydrogens is 238 g/mol. The zero-order valence-electron chi connectivity index (χ0n) is 11.6. The van der Waals surface area contributed by atoms with Crippen molar-refractivity contribution in [3.8, 4) is 0 Å². The Labute approximate surface area is 115 Å². The van der Waals surface area contributed by atoms with Crippen LogP contribution in [-0.4, -0.2) is 28.9 Å². The summed E-state index contributed by atoms with van der Waals surface area (Å²) in [6, 6.07) is 3.49. The quantitative estimate of drug-likeness (QED) is 0.910. The Morgan fingerprint density at radius 2 is 2.32 bits per heavy atom. The van der Waals surface area contributed by atoms with Crippen molar-refractivity contribution in [3.63, 3.8) is 0 Å². The number of nitrogens with two attached hydrogens (primary N) is 1. The fourth-order valence-corrected chi connectivity index (χ4v) is 2.81. The second-order valence-electron chi connectivity index (χ2n) is 5.32. The fraction of sp³-hybridized carbons (Fsp3) is 0.600. The second kappa shape index (κ2) is 6.55. The highest BCUT2D eigenvalue weighted by molar-refractivity contribution is 5.97. The van der Waals surface area contributed by atoms with E-state index in [1.54, 1.807) is 18.3 Å². The lowest BCUT2D eigenvalue weighted by Crippen LogP contribution is -2.33. The van der Waals surface area contributed by atoms with E-state index in [1.807, 2.05) is 4.90 Å². The van der Waals surface area contributed by atoms with E-state index in [2.05, 4.69) is 11.9 Å². The Morgan fingerprint density at radius 3 is 3.05 bits per heavy atom. The Hall–Kier alpha value is -1.58. The zero-order chi connectivity index (χ0) is 13.7. The molecule has 1 unspecified atom stereocenters. The van der Waals surface area contributed by atoms with Gasteiger partial charge >= 0.3 is 0 Å². The number of hydrogen-bond acceptors (Lipinski definition) is 3. The molecule has 0 spiro atoms. The van der Waals surface area contributed by atoms with Crippen LogP contribution in [0.3, 0.4) is 0 Å². The molecule has 0 aromatic carbocycles. The van der Waals surface area contributed by atoms with Gasteiger partial charge < -0.3 is 10.6 Å². The fourth-order valence-electron chi connectivity index (χ4n) is 2.81. The number of nitrogen functional groups attached to an aromatic ring is 1. The van der Waals surface area contributed by atoms with Crippen molar-refractivity contribution >= 4 is 11.6 Å². The van der Waals surface area contributed by atoms with E-state index in [0.29, 0.717) is 11.4 Å². The maximum atomic E-state index is 12.4. The lowest BCUT2D eigenvalue weighted by atomic mass is 9.96. The average Bonchev–Trinajstić information content (AvgIpc) is 2.65. The number of pyridine rings is 1. The number of anilines is 1. The van der Waals surface area contributed by atoms with Gasteiger partial charge in [-0.15, -0.1) is 0 Å². The molecule has 0 radical (unpaired) electrons. The molecule has 1 atom stereocenters. The largest absolute Gasteiger partial charge is 0.397 e. The van der Waals surface area contributed by atoms with Gasteiger partial charge in [-0.25, -0.2) is 4.98 Å². The van der Waals surface area contributed by atoms with E-state index in [0.717, 1.165) is 31.8 Å². The molecule has 19 heavy (non-hydrogen) atoms. The highest BCUT2D eigenvalue weighted by Gasteiger charge is 2.23. The molecule has 1 aromatic rings. The number of nitrogens with zero attached hydrogens (tertiary/aromatic N) is 2. The lowest BCUT2D eigenvalue weighted by Gasteiger charge is -2.20. The molecule has 0 aliphatic carbocycles. The Balaban J connectivity index is 2.02. The molecule has 1 aliphatic heterocycles. The van der Waals surface area contributed by atoms with Gasteiger partial charge in [-0.2, -0.15) is 0 Å². The van der Waals surface area contributed by atoms with E-state index in [-0.39, 0.29) is 5.91 Å². The highest BCUT2D eigenvalue weighted by atomic mass is 16.2. The van der Waals surface area contributed by atoms with Crippen LogP contribution in [0.25, 0.3) is 0 Å². The molecule has 4 heteroatoms. The van der Waals surface area contributed by atoms with Crippen molar-refractivity contribution in [2.75, 3.05) is 18.8 Å². The number of likely N-dealkylation sites (tertiary alicyclic amines) is 1. The van der Waals surface area contributed by atoms with Gasteiger partial charge in [-0.3, -0.25) is 4.79 Å². The summed E-state index contributed by atoms with van der Waals surface area (Å²) in [6.45, 7) is 3.89. The van der Waals surface area contributed by atoms with E-state index in [1.165, 1.54) is 19.3 Å². The van der Waals surface area contributed by atoms with Crippen LogP contribution in [0.15, 0.2) is 18.3 Å². The summed E-state index contributed by atoms with van der Waals surface area (Å²) >= 11 is 0. The van der Waals surface area contributed by atoms with E-state index in [9.17, 15) is 4.79 Å². The van der Waals surface area contributed by atoms with Gasteiger partial charge in [0.1, 0.15) is 0 Å². The minimum Gasteiger partial charge on any atom is -0.397 e. The molecule has 4 nitrogen and oxygen atoms in total. The molecule has 0 bridgehead atoms. The van der Waals surface area contributed by atoms with Crippen LogP contribution in [0.2, 0.25) is 0 Å². The maximum Gasteiger partial charge on any atom is 0.274 e. The van der Waals surface area contributed by atoms with Crippen LogP contribution in [0.5, 0.6) is 0 Å². The smallest absolute Gasteiger partial charge is 0.274 e. The van der Waals surface area contributed by atoms with Gasteiger partial charge in [0, 0.05) is 19.3 Å².